The topological polar surface area (TPSA) is 47.6 Å². The second kappa shape index (κ2) is 9.82. The van der Waals surface area contributed by atoms with Gasteiger partial charge in [0.05, 0.1) is 6.61 Å². The number of nitrogens with one attached hydrogen (secondary N) is 1. The molecule has 0 aromatic rings. The van der Waals surface area contributed by atoms with Crippen LogP contribution >= 0.6 is 22.9 Å². The van der Waals surface area contributed by atoms with Gasteiger partial charge in [-0.25, -0.2) is 0 Å². The number of rotatable bonds is 9. The van der Waals surface area contributed by atoms with Crippen LogP contribution in [0.5, 0.6) is 0 Å². The van der Waals surface area contributed by atoms with E-state index in [0.717, 1.165) is 13.0 Å². The number of carbonyl (C=O) groups excluding carboxylic acids is 1. The lowest BCUT2D eigenvalue weighted by molar-refractivity contribution is -0.127. The van der Waals surface area contributed by atoms with E-state index in [4.69, 9.17) is 9.47 Å². The van der Waals surface area contributed by atoms with Crippen LogP contribution in [-0.2, 0) is 14.3 Å². The molecule has 84 valence electrons. The van der Waals surface area contributed by atoms with Gasteiger partial charge in [-0.15, -0.1) is 0 Å². The molecule has 0 aromatic heterocycles. The zero-order valence-corrected chi connectivity index (χ0v) is 10.9. The number of hydrogen-bond acceptors (Lipinski definition) is 4. The number of halogens is 1. The van der Waals surface area contributed by atoms with Crippen molar-refractivity contribution in [3.63, 3.8) is 0 Å². The van der Waals surface area contributed by atoms with Crippen molar-refractivity contribution in [1.82, 2.24) is 3.53 Å². The van der Waals surface area contributed by atoms with Crippen LogP contribution in [0.2, 0.25) is 0 Å². The summed E-state index contributed by atoms with van der Waals surface area (Å²) in [6.45, 7) is 6.13. The second-order valence-electron chi connectivity index (χ2n) is 2.97. The molecule has 0 aliphatic heterocycles. The SMILES string of the molecule is CC(=O)[C@@H](C)OCCCOCCNI. The highest BCUT2D eigenvalue weighted by atomic mass is 127. The monoisotopic (exact) mass is 315 g/mol. The third-order valence-electron chi connectivity index (χ3n) is 1.71. The molecular formula is C9H18INO3. The van der Waals surface area contributed by atoms with E-state index in [9.17, 15) is 4.79 Å². The van der Waals surface area contributed by atoms with Crippen LogP contribution in [0.15, 0.2) is 0 Å². The highest BCUT2D eigenvalue weighted by Crippen LogP contribution is 1.94. The molecule has 5 heteroatoms. The van der Waals surface area contributed by atoms with E-state index in [2.05, 4.69) is 26.4 Å². The molecule has 1 atom stereocenters. The van der Waals surface area contributed by atoms with Crippen molar-refractivity contribution < 1.29 is 14.3 Å². The fraction of sp³-hybridized carbons (Fsp3) is 0.889. The molecule has 0 spiro atoms. The van der Waals surface area contributed by atoms with Gasteiger partial charge in [0.25, 0.3) is 0 Å². The van der Waals surface area contributed by atoms with Gasteiger partial charge in [-0.3, -0.25) is 8.32 Å². The molecule has 14 heavy (non-hydrogen) atoms. The zero-order chi connectivity index (χ0) is 10.8. The molecule has 0 saturated heterocycles. The standard InChI is InChI=1S/C9H18INO3/c1-8(12)9(2)14-6-3-5-13-7-4-11-10/h9,11H,3-7H2,1-2H3/t9-/m1/s1. The smallest absolute Gasteiger partial charge is 0.158 e. The molecule has 0 amide bonds. The Hall–Kier alpha value is 0.280. The van der Waals surface area contributed by atoms with Gasteiger partial charge in [0.2, 0.25) is 0 Å². The van der Waals surface area contributed by atoms with Gasteiger partial charge < -0.3 is 9.47 Å². The summed E-state index contributed by atoms with van der Waals surface area (Å²) in [7, 11) is 0. The first-order valence-electron chi connectivity index (χ1n) is 4.71. The maximum atomic E-state index is 10.8. The van der Waals surface area contributed by atoms with Crippen LogP contribution in [0.4, 0.5) is 0 Å². The Balaban J connectivity index is 3.09. The Labute approximate surface area is 99.2 Å². The average Bonchev–Trinajstić information content (AvgIpc) is 2.16. The van der Waals surface area contributed by atoms with E-state index in [1.54, 1.807) is 6.92 Å². The molecule has 0 radical (unpaired) electrons. The number of ether oxygens (including phenoxy) is 2. The highest BCUT2D eigenvalue weighted by Gasteiger charge is 2.05. The van der Waals surface area contributed by atoms with Crippen LogP contribution in [0, 0.1) is 0 Å². The molecule has 0 saturated carbocycles. The Morgan fingerprint density at radius 3 is 2.71 bits per heavy atom. The van der Waals surface area contributed by atoms with Gasteiger partial charge in [-0.2, -0.15) is 0 Å². The van der Waals surface area contributed by atoms with Crippen molar-refractivity contribution in [2.24, 2.45) is 0 Å². The third kappa shape index (κ3) is 8.86. The molecule has 0 rings (SSSR count). The molecule has 0 aromatic carbocycles. The van der Waals surface area contributed by atoms with Crippen molar-refractivity contribution in [3.05, 3.63) is 0 Å². The van der Waals surface area contributed by atoms with Crippen molar-refractivity contribution in [2.45, 2.75) is 26.4 Å². The van der Waals surface area contributed by atoms with Crippen LogP contribution in [0.3, 0.4) is 0 Å². The van der Waals surface area contributed by atoms with Crippen LogP contribution < -0.4 is 3.53 Å². The summed E-state index contributed by atoms with van der Waals surface area (Å²) < 4.78 is 13.5. The summed E-state index contributed by atoms with van der Waals surface area (Å²) in [5.41, 5.74) is 0. The molecule has 0 bridgehead atoms. The summed E-state index contributed by atoms with van der Waals surface area (Å²) in [5, 5.41) is 0. The van der Waals surface area contributed by atoms with E-state index < -0.39 is 0 Å². The van der Waals surface area contributed by atoms with Gasteiger partial charge in [-0.1, -0.05) is 0 Å². The number of Topliss-reactive ketones (excluding diaryl/α,β-unsaturated/α-hetero) is 1. The van der Waals surface area contributed by atoms with Crippen LogP contribution in [0.25, 0.3) is 0 Å². The average molecular weight is 315 g/mol. The first kappa shape index (κ1) is 14.3. The van der Waals surface area contributed by atoms with Crippen molar-refractivity contribution >= 4 is 28.6 Å². The molecule has 0 unspecified atom stereocenters. The summed E-state index contributed by atoms with van der Waals surface area (Å²) in [6, 6.07) is 0. The highest BCUT2D eigenvalue weighted by molar-refractivity contribution is 14.1. The van der Waals surface area contributed by atoms with E-state index in [1.807, 2.05) is 0 Å². The Bertz CT molecular complexity index is 155. The van der Waals surface area contributed by atoms with Crippen LogP contribution in [-0.4, -0.2) is 38.3 Å². The Kier molecular flexibility index (Phi) is 10.0. The number of hydrogen-bond donors (Lipinski definition) is 1. The molecule has 0 aliphatic rings. The minimum absolute atomic E-state index is 0.0695. The number of ketones is 1. The molecule has 1 N–H and O–H groups in total. The van der Waals surface area contributed by atoms with E-state index in [-0.39, 0.29) is 11.9 Å². The van der Waals surface area contributed by atoms with Gasteiger partial charge in [0.15, 0.2) is 5.78 Å². The molecular weight excluding hydrogens is 297 g/mol. The fourth-order valence-corrected chi connectivity index (χ4v) is 0.971. The van der Waals surface area contributed by atoms with Gasteiger partial charge in [-0.05, 0) is 20.3 Å². The lowest BCUT2D eigenvalue weighted by Gasteiger charge is -2.09. The minimum Gasteiger partial charge on any atom is -0.380 e. The zero-order valence-electron chi connectivity index (χ0n) is 8.72. The quantitative estimate of drug-likeness (QED) is 0.396. The van der Waals surface area contributed by atoms with Gasteiger partial charge in [0, 0.05) is 42.6 Å². The molecule has 0 aliphatic carbocycles. The van der Waals surface area contributed by atoms with E-state index in [1.165, 1.54) is 6.92 Å². The summed E-state index contributed by atoms with van der Waals surface area (Å²) in [4.78, 5) is 10.8. The Morgan fingerprint density at radius 1 is 1.43 bits per heavy atom. The molecule has 0 fully saturated rings. The normalized spacial score (nSPS) is 12.8. The van der Waals surface area contributed by atoms with Crippen LogP contribution in [0.1, 0.15) is 20.3 Å². The maximum Gasteiger partial charge on any atom is 0.158 e. The van der Waals surface area contributed by atoms with Crippen molar-refractivity contribution in [2.75, 3.05) is 26.4 Å². The lowest BCUT2D eigenvalue weighted by atomic mass is 10.3. The summed E-state index contributed by atoms with van der Waals surface area (Å²) in [5.74, 6) is 0.0695. The van der Waals surface area contributed by atoms with Gasteiger partial charge in [0.1, 0.15) is 6.10 Å². The molecule has 4 nitrogen and oxygen atoms in total. The first-order chi connectivity index (χ1) is 6.68. The second-order valence-corrected chi connectivity index (χ2v) is 3.74. The maximum absolute atomic E-state index is 10.8. The third-order valence-corrected chi connectivity index (χ3v) is 2.25. The Morgan fingerprint density at radius 2 is 2.14 bits per heavy atom. The number of carbonyl (C=O) groups is 1. The van der Waals surface area contributed by atoms with E-state index >= 15 is 0 Å². The largest absolute Gasteiger partial charge is 0.380 e. The first-order valence-corrected chi connectivity index (χ1v) is 5.79. The predicted molar refractivity (Wildman–Crippen MR) is 63.6 cm³/mol. The fourth-order valence-electron chi connectivity index (χ4n) is 0.751. The lowest BCUT2D eigenvalue weighted by Crippen LogP contribution is -2.19. The van der Waals surface area contributed by atoms with Crippen molar-refractivity contribution in [1.29, 1.82) is 0 Å². The van der Waals surface area contributed by atoms with Crippen molar-refractivity contribution in [3.8, 4) is 0 Å². The predicted octanol–water partition coefficient (Wildman–Crippen LogP) is 1.33. The summed E-state index contributed by atoms with van der Waals surface area (Å²) in [6.07, 6.45) is 0.546. The summed E-state index contributed by atoms with van der Waals surface area (Å²) >= 11 is 2.08. The molecule has 0 heterocycles. The van der Waals surface area contributed by atoms with E-state index in [0.29, 0.717) is 19.8 Å². The minimum atomic E-state index is -0.286. The van der Waals surface area contributed by atoms with Gasteiger partial charge >= 0.3 is 0 Å².